The summed E-state index contributed by atoms with van der Waals surface area (Å²) in [5.41, 5.74) is 0.609. The van der Waals surface area contributed by atoms with Crippen LogP contribution in [0.15, 0.2) is 42.5 Å². The third-order valence-electron chi connectivity index (χ3n) is 2.98. The van der Waals surface area contributed by atoms with E-state index in [1.54, 1.807) is 31.2 Å². The van der Waals surface area contributed by atoms with Crippen LogP contribution >= 0.6 is 0 Å². The number of nitro benzene ring substituents is 1. The minimum absolute atomic E-state index is 0.0359. The SMILES string of the molecule is CCOc1ccccc1OC(=O)c1ccc([N+](=O)[O-])c(C)c1. The molecule has 0 radical (unpaired) electrons. The highest BCUT2D eigenvalue weighted by Crippen LogP contribution is 2.27. The summed E-state index contributed by atoms with van der Waals surface area (Å²) in [7, 11) is 0. The second-order valence-corrected chi connectivity index (χ2v) is 4.53. The van der Waals surface area contributed by atoms with Gasteiger partial charge in [-0.2, -0.15) is 0 Å². The monoisotopic (exact) mass is 301 g/mol. The Morgan fingerprint density at radius 3 is 2.45 bits per heavy atom. The molecule has 0 fully saturated rings. The summed E-state index contributed by atoms with van der Waals surface area (Å²) in [4.78, 5) is 22.4. The second kappa shape index (κ2) is 6.71. The lowest BCUT2D eigenvalue weighted by Gasteiger charge is -2.10. The highest BCUT2D eigenvalue weighted by molar-refractivity contribution is 5.92. The molecule has 0 saturated heterocycles. The number of carbonyl (C=O) groups is 1. The fourth-order valence-electron chi connectivity index (χ4n) is 1.96. The van der Waals surface area contributed by atoms with Crippen molar-refractivity contribution < 1.29 is 19.2 Å². The van der Waals surface area contributed by atoms with Gasteiger partial charge in [-0.05, 0) is 38.1 Å². The molecule has 2 aromatic carbocycles. The maximum absolute atomic E-state index is 12.2. The summed E-state index contributed by atoms with van der Waals surface area (Å²) < 4.78 is 10.7. The van der Waals surface area contributed by atoms with E-state index in [-0.39, 0.29) is 11.3 Å². The van der Waals surface area contributed by atoms with Crippen molar-refractivity contribution in [3.63, 3.8) is 0 Å². The number of rotatable bonds is 5. The van der Waals surface area contributed by atoms with Gasteiger partial charge in [-0.3, -0.25) is 10.1 Å². The van der Waals surface area contributed by atoms with Gasteiger partial charge in [0.1, 0.15) is 0 Å². The van der Waals surface area contributed by atoms with Crippen LogP contribution in [-0.2, 0) is 0 Å². The van der Waals surface area contributed by atoms with E-state index in [2.05, 4.69) is 0 Å². The van der Waals surface area contributed by atoms with Gasteiger partial charge >= 0.3 is 5.97 Å². The molecule has 2 rings (SSSR count). The van der Waals surface area contributed by atoms with Gasteiger partial charge in [0, 0.05) is 11.6 Å². The predicted octanol–water partition coefficient (Wildman–Crippen LogP) is 3.52. The molecule has 6 nitrogen and oxygen atoms in total. The van der Waals surface area contributed by atoms with Crippen LogP contribution in [0.5, 0.6) is 11.5 Å². The third-order valence-corrected chi connectivity index (χ3v) is 2.98. The van der Waals surface area contributed by atoms with Crippen LogP contribution in [0.1, 0.15) is 22.8 Å². The first kappa shape index (κ1) is 15.5. The molecule has 0 unspecified atom stereocenters. The van der Waals surface area contributed by atoms with E-state index in [1.165, 1.54) is 18.2 Å². The molecule has 0 spiro atoms. The Morgan fingerprint density at radius 1 is 1.18 bits per heavy atom. The molecular weight excluding hydrogens is 286 g/mol. The normalized spacial score (nSPS) is 10.1. The van der Waals surface area contributed by atoms with Crippen LogP contribution in [-0.4, -0.2) is 17.5 Å². The molecule has 22 heavy (non-hydrogen) atoms. The molecule has 0 aliphatic carbocycles. The zero-order chi connectivity index (χ0) is 16.1. The van der Waals surface area contributed by atoms with Gasteiger partial charge in [0.2, 0.25) is 0 Å². The van der Waals surface area contributed by atoms with Gasteiger partial charge in [-0.25, -0.2) is 4.79 Å². The Balaban J connectivity index is 2.23. The van der Waals surface area contributed by atoms with Crippen LogP contribution in [0.4, 0.5) is 5.69 Å². The van der Waals surface area contributed by atoms with Crippen molar-refractivity contribution in [1.29, 1.82) is 0 Å². The van der Waals surface area contributed by atoms with E-state index in [0.717, 1.165) is 0 Å². The number of nitrogens with zero attached hydrogens (tertiary/aromatic N) is 1. The van der Waals surface area contributed by atoms with E-state index in [0.29, 0.717) is 23.7 Å². The summed E-state index contributed by atoms with van der Waals surface area (Å²) >= 11 is 0. The highest BCUT2D eigenvalue weighted by atomic mass is 16.6. The molecule has 0 N–H and O–H groups in total. The van der Waals surface area contributed by atoms with Crippen molar-refractivity contribution in [2.75, 3.05) is 6.61 Å². The number of ether oxygens (including phenoxy) is 2. The number of esters is 1. The van der Waals surface area contributed by atoms with Crippen LogP contribution in [0.25, 0.3) is 0 Å². The van der Waals surface area contributed by atoms with Gasteiger partial charge in [-0.1, -0.05) is 12.1 Å². The lowest BCUT2D eigenvalue weighted by Crippen LogP contribution is -2.10. The maximum atomic E-state index is 12.2. The van der Waals surface area contributed by atoms with Gasteiger partial charge in [0.05, 0.1) is 17.1 Å². The number of nitro groups is 1. The van der Waals surface area contributed by atoms with Crippen LogP contribution in [0.3, 0.4) is 0 Å². The standard InChI is InChI=1S/C16H15NO5/c1-3-21-14-6-4-5-7-15(14)22-16(18)12-8-9-13(17(19)20)11(2)10-12/h4-10H,3H2,1-2H3. The van der Waals surface area contributed by atoms with Crippen LogP contribution in [0.2, 0.25) is 0 Å². The molecule has 6 heteroatoms. The zero-order valence-electron chi connectivity index (χ0n) is 12.2. The first-order valence-corrected chi connectivity index (χ1v) is 6.72. The average molecular weight is 301 g/mol. The fraction of sp³-hybridized carbons (Fsp3) is 0.188. The molecule has 0 bridgehead atoms. The number of para-hydroxylation sites is 2. The molecule has 0 heterocycles. The predicted molar refractivity (Wildman–Crippen MR) is 80.4 cm³/mol. The summed E-state index contributed by atoms with van der Waals surface area (Å²) in [5.74, 6) is 0.187. The molecule has 0 amide bonds. The van der Waals surface area contributed by atoms with Crippen LogP contribution < -0.4 is 9.47 Å². The lowest BCUT2D eigenvalue weighted by atomic mass is 10.1. The Morgan fingerprint density at radius 2 is 1.86 bits per heavy atom. The van der Waals surface area contributed by atoms with E-state index in [1.807, 2.05) is 6.92 Å². The Hall–Kier alpha value is -2.89. The van der Waals surface area contributed by atoms with Gasteiger partial charge in [0.25, 0.3) is 5.69 Å². The molecule has 114 valence electrons. The van der Waals surface area contributed by atoms with Gasteiger partial charge in [0.15, 0.2) is 11.5 Å². The fourth-order valence-corrected chi connectivity index (χ4v) is 1.96. The number of hydrogen-bond acceptors (Lipinski definition) is 5. The quantitative estimate of drug-likeness (QED) is 0.365. The van der Waals surface area contributed by atoms with E-state index < -0.39 is 10.9 Å². The Kier molecular flexibility index (Phi) is 4.73. The first-order chi connectivity index (χ1) is 10.5. The second-order valence-electron chi connectivity index (χ2n) is 4.53. The zero-order valence-corrected chi connectivity index (χ0v) is 12.2. The molecule has 2 aromatic rings. The Labute approximate surface area is 127 Å². The van der Waals surface area contributed by atoms with Gasteiger partial charge in [-0.15, -0.1) is 0 Å². The number of aryl methyl sites for hydroxylation is 1. The van der Waals surface area contributed by atoms with Crippen molar-refractivity contribution in [3.8, 4) is 11.5 Å². The largest absolute Gasteiger partial charge is 0.490 e. The van der Waals surface area contributed by atoms with Crippen molar-refractivity contribution in [2.24, 2.45) is 0 Å². The molecule has 0 saturated carbocycles. The number of hydrogen-bond donors (Lipinski definition) is 0. The topological polar surface area (TPSA) is 78.7 Å². The molecule has 0 aliphatic rings. The van der Waals surface area contributed by atoms with E-state index in [9.17, 15) is 14.9 Å². The van der Waals surface area contributed by atoms with Gasteiger partial charge < -0.3 is 9.47 Å². The summed E-state index contributed by atoms with van der Waals surface area (Å²) in [6.07, 6.45) is 0. The number of benzene rings is 2. The first-order valence-electron chi connectivity index (χ1n) is 6.72. The summed E-state index contributed by atoms with van der Waals surface area (Å²) in [6, 6.07) is 10.9. The Bertz CT molecular complexity index is 711. The lowest BCUT2D eigenvalue weighted by molar-refractivity contribution is -0.385. The minimum Gasteiger partial charge on any atom is -0.490 e. The minimum atomic E-state index is -0.592. The molecule has 0 aromatic heterocycles. The third kappa shape index (κ3) is 3.41. The average Bonchev–Trinajstić information content (AvgIpc) is 2.49. The van der Waals surface area contributed by atoms with Crippen molar-refractivity contribution in [3.05, 3.63) is 63.7 Å². The van der Waals surface area contributed by atoms with Crippen molar-refractivity contribution >= 4 is 11.7 Å². The number of carbonyl (C=O) groups excluding carboxylic acids is 1. The van der Waals surface area contributed by atoms with Crippen molar-refractivity contribution in [2.45, 2.75) is 13.8 Å². The summed E-state index contributed by atoms with van der Waals surface area (Å²) in [6.45, 7) is 3.85. The molecular formula is C16H15NO5. The highest BCUT2D eigenvalue weighted by Gasteiger charge is 2.16. The van der Waals surface area contributed by atoms with E-state index >= 15 is 0 Å². The maximum Gasteiger partial charge on any atom is 0.343 e. The summed E-state index contributed by atoms with van der Waals surface area (Å²) in [5, 5.41) is 10.8. The van der Waals surface area contributed by atoms with Crippen molar-refractivity contribution in [1.82, 2.24) is 0 Å². The smallest absolute Gasteiger partial charge is 0.343 e. The van der Waals surface area contributed by atoms with E-state index in [4.69, 9.17) is 9.47 Å². The molecule has 0 atom stereocenters. The van der Waals surface area contributed by atoms with Crippen LogP contribution in [0, 0.1) is 17.0 Å². The molecule has 0 aliphatic heterocycles.